The molecule has 0 aliphatic heterocycles. The number of ketones is 1. The lowest BCUT2D eigenvalue weighted by atomic mass is 10.1. The first-order chi connectivity index (χ1) is 11.9. The van der Waals surface area contributed by atoms with Crippen LogP contribution in [-0.2, 0) is 4.79 Å². The van der Waals surface area contributed by atoms with Gasteiger partial charge < -0.3 is 0 Å². The lowest BCUT2D eigenvalue weighted by Gasteiger charge is -1.98. The van der Waals surface area contributed by atoms with Crippen LogP contribution in [0.25, 0.3) is 12.2 Å². The molecule has 25 heavy (non-hydrogen) atoms. The molecule has 0 saturated carbocycles. The van der Waals surface area contributed by atoms with Crippen LogP contribution in [0.4, 0.5) is 11.4 Å². The Hall–Kier alpha value is -3.61. The average molecular weight is 338 g/mol. The first-order valence-corrected chi connectivity index (χ1v) is 7.26. The number of carbonyl (C=O) groups excluding carboxylic acids is 1. The van der Waals surface area contributed by atoms with E-state index in [-0.39, 0.29) is 17.2 Å². The number of hydrogen-bond acceptors (Lipinski definition) is 5. The predicted molar refractivity (Wildman–Crippen MR) is 93.9 cm³/mol. The maximum Gasteiger partial charge on any atom is 0.270 e. The van der Waals surface area contributed by atoms with Gasteiger partial charge in [-0.25, -0.2) is 0 Å². The molecule has 0 atom stereocenters. The summed E-state index contributed by atoms with van der Waals surface area (Å²) in [7, 11) is 0. The Morgan fingerprint density at radius 3 is 2.00 bits per heavy atom. The Labute approximate surface area is 143 Å². The highest BCUT2D eigenvalue weighted by molar-refractivity contribution is 6.08. The van der Waals surface area contributed by atoms with Crippen LogP contribution >= 0.6 is 0 Å². The van der Waals surface area contributed by atoms with E-state index >= 15 is 0 Å². The van der Waals surface area contributed by atoms with Crippen LogP contribution in [-0.4, -0.2) is 15.6 Å². The largest absolute Gasteiger partial charge is 0.290 e. The molecule has 0 aromatic heterocycles. The molecule has 2 aromatic rings. The van der Waals surface area contributed by atoms with Gasteiger partial charge in [0, 0.05) is 24.3 Å². The summed E-state index contributed by atoms with van der Waals surface area (Å²) in [5, 5.41) is 21.5. The lowest BCUT2D eigenvalue weighted by molar-refractivity contribution is -0.385. The van der Waals surface area contributed by atoms with Gasteiger partial charge in [-0.1, -0.05) is 30.3 Å². The number of nitro benzene ring substituents is 2. The molecule has 0 spiro atoms. The Morgan fingerprint density at radius 2 is 1.44 bits per heavy atom. The van der Waals surface area contributed by atoms with Gasteiger partial charge in [0.25, 0.3) is 11.4 Å². The topological polar surface area (TPSA) is 103 Å². The molecule has 0 N–H and O–H groups in total. The second-order valence-electron chi connectivity index (χ2n) is 5.23. The van der Waals surface area contributed by atoms with E-state index in [1.165, 1.54) is 42.5 Å². The van der Waals surface area contributed by atoms with Crippen LogP contribution in [0, 0.1) is 20.2 Å². The van der Waals surface area contributed by atoms with E-state index in [0.717, 1.165) is 0 Å². The number of allylic oxidation sites excluding steroid dienone is 2. The van der Waals surface area contributed by atoms with Crippen molar-refractivity contribution >= 4 is 29.3 Å². The van der Waals surface area contributed by atoms with Crippen LogP contribution in [0.2, 0.25) is 0 Å². The fourth-order valence-electron chi connectivity index (χ4n) is 2.09. The maximum absolute atomic E-state index is 12.1. The van der Waals surface area contributed by atoms with Crippen molar-refractivity contribution in [1.82, 2.24) is 0 Å². The SMILES string of the molecule is C/C(=C/c1cccc([N+](=O)[O-])c1)C(=O)/C=C\c1cccc([N+](=O)[O-])c1. The first-order valence-electron chi connectivity index (χ1n) is 7.26. The first kappa shape index (κ1) is 17.7. The average Bonchev–Trinajstić information content (AvgIpc) is 2.60. The van der Waals surface area contributed by atoms with E-state index < -0.39 is 9.85 Å². The minimum absolute atomic E-state index is 0.0545. The number of carbonyl (C=O) groups is 1. The second-order valence-corrected chi connectivity index (χ2v) is 5.23. The maximum atomic E-state index is 12.1. The molecular weight excluding hydrogens is 324 g/mol. The summed E-state index contributed by atoms with van der Waals surface area (Å²) in [6.45, 7) is 1.60. The van der Waals surface area contributed by atoms with Gasteiger partial charge in [-0.15, -0.1) is 0 Å². The highest BCUT2D eigenvalue weighted by Gasteiger charge is 2.07. The van der Waals surface area contributed by atoms with Gasteiger partial charge in [0.1, 0.15) is 0 Å². The fraction of sp³-hybridized carbons (Fsp3) is 0.0556. The molecule has 7 nitrogen and oxygen atoms in total. The van der Waals surface area contributed by atoms with Crippen molar-refractivity contribution < 1.29 is 14.6 Å². The van der Waals surface area contributed by atoms with Crippen molar-refractivity contribution in [2.45, 2.75) is 6.92 Å². The highest BCUT2D eigenvalue weighted by atomic mass is 16.6. The minimum Gasteiger partial charge on any atom is -0.290 e. The summed E-state index contributed by atoms with van der Waals surface area (Å²) in [4.78, 5) is 32.6. The molecule has 0 bridgehead atoms. The number of benzene rings is 2. The molecule has 7 heteroatoms. The third-order valence-corrected chi connectivity index (χ3v) is 3.36. The van der Waals surface area contributed by atoms with Crippen LogP contribution in [0.1, 0.15) is 18.1 Å². The van der Waals surface area contributed by atoms with Gasteiger partial charge in [0.15, 0.2) is 5.78 Å². The monoisotopic (exact) mass is 338 g/mol. The molecule has 0 fully saturated rings. The van der Waals surface area contributed by atoms with Crippen LogP contribution in [0.15, 0.2) is 60.2 Å². The van der Waals surface area contributed by atoms with Crippen molar-refractivity contribution in [2.75, 3.05) is 0 Å². The van der Waals surface area contributed by atoms with E-state index in [9.17, 15) is 25.0 Å². The standard InChI is InChI=1S/C18H14N2O5/c1-13(10-15-5-3-7-17(12-15)20(24)25)18(21)9-8-14-4-2-6-16(11-14)19(22)23/h2-12H,1H3/b9-8-,13-10-. The molecular formula is C18H14N2O5. The zero-order valence-electron chi connectivity index (χ0n) is 13.3. The van der Waals surface area contributed by atoms with E-state index in [4.69, 9.17) is 0 Å². The Morgan fingerprint density at radius 1 is 0.920 bits per heavy atom. The third kappa shape index (κ3) is 4.93. The molecule has 126 valence electrons. The van der Waals surface area contributed by atoms with Crippen molar-refractivity contribution in [3.05, 3.63) is 91.5 Å². The molecule has 0 saturated heterocycles. The van der Waals surface area contributed by atoms with E-state index in [0.29, 0.717) is 16.7 Å². The highest BCUT2D eigenvalue weighted by Crippen LogP contribution is 2.17. The summed E-state index contributed by atoms with van der Waals surface area (Å²) in [5.41, 5.74) is 1.36. The molecule has 2 rings (SSSR count). The summed E-state index contributed by atoms with van der Waals surface area (Å²) in [5.74, 6) is -0.294. The molecule has 0 heterocycles. The molecule has 0 aliphatic carbocycles. The van der Waals surface area contributed by atoms with Gasteiger partial charge >= 0.3 is 0 Å². The summed E-state index contributed by atoms with van der Waals surface area (Å²) in [6, 6.07) is 11.9. The molecule has 2 aromatic carbocycles. The molecule has 0 unspecified atom stereocenters. The zero-order valence-corrected chi connectivity index (χ0v) is 13.3. The summed E-state index contributed by atoms with van der Waals surface area (Å²) in [6.07, 6.45) is 4.34. The van der Waals surface area contributed by atoms with Crippen LogP contribution < -0.4 is 0 Å². The number of rotatable bonds is 6. The smallest absolute Gasteiger partial charge is 0.270 e. The normalized spacial score (nSPS) is 11.5. The Balaban J connectivity index is 2.17. The third-order valence-electron chi connectivity index (χ3n) is 3.36. The Kier molecular flexibility index (Phi) is 5.52. The van der Waals surface area contributed by atoms with Crippen molar-refractivity contribution in [2.24, 2.45) is 0 Å². The Bertz CT molecular complexity index is 900. The zero-order chi connectivity index (χ0) is 18.4. The van der Waals surface area contributed by atoms with Crippen molar-refractivity contribution in [3.8, 4) is 0 Å². The van der Waals surface area contributed by atoms with E-state index in [2.05, 4.69) is 0 Å². The number of nitrogens with zero attached hydrogens (tertiary/aromatic N) is 2. The number of hydrogen-bond donors (Lipinski definition) is 0. The lowest BCUT2D eigenvalue weighted by Crippen LogP contribution is -1.95. The fourth-order valence-corrected chi connectivity index (χ4v) is 2.09. The minimum atomic E-state index is -0.507. The van der Waals surface area contributed by atoms with Gasteiger partial charge in [-0.05, 0) is 35.8 Å². The number of non-ortho nitro benzene ring substituents is 2. The van der Waals surface area contributed by atoms with Crippen LogP contribution in [0.3, 0.4) is 0 Å². The predicted octanol–water partition coefficient (Wildman–Crippen LogP) is 4.19. The van der Waals surface area contributed by atoms with Crippen LogP contribution in [0.5, 0.6) is 0 Å². The van der Waals surface area contributed by atoms with Crippen molar-refractivity contribution in [3.63, 3.8) is 0 Å². The summed E-state index contributed by atoms with van der Waals surface area (Å²) < 4.78 is 0. The van der Waals surface area contributed by atoms with Gasteiger partial charge in [-0.2, -0.15) is 0 Å². The second kappa shape index (κ2) is 7.78. The molecule has 0 amide bonds. The van der Waals surface area contributed by atoms with Gasteiger partial charge in [0.05, 0.1) is 9.85 Å². The molecule has 0 aliphatic rings. The van der Waals surface area contributed by atoms with Crippen molar-refractivity contribution in [1.29, 1.82) is 0 Å². The van der Waals surface area contributed by atoms with Gasteiger partial charge in [0.2, 0.25) is 0 Å². The molecule has 0 radical (unpaired) electrons. The van der Waals surface area contributed by atoms with E-state index in [1.807, 2.05) is 0 Å². The number of nitro groups is 2. The van der Waals surface area contributed by atoms with E-state index in [1.54, 1.807) is 31.2 Å². The quantitative estimate of drug-likeness (QED) is 0.446. The van der Waals surface area contributed by atoms with Gasteiger partial charge in [-0.3, -0.25) is 25.0 Å². The summed E-state index contributed by atoms with van der Waals surface area (Å²) >= 11 is 0.